The standard InChI is InChI=1S/C24H28N2O3/c27-23(26-14-12-25(13-15-26)20-6-2-1-3-7-20)24(10-4-5-11-24)19-8-9-21-22(18-19)29-17-16-28-21/h1-3,6-9,18H,4-5,10-17H2. The minimum Gasteiger partial charge on any atom is -0.486 e. The normalized spacial score (nSPS) is 20.6. The highest BCUT2D eigenvalue weighted by molar-refractivity contribution is 5.89. The van der Waals surface area contributed by atoms with Gasteiger partial charge < -0.3 is 19.3 Å². The molecule has 1 amide bonds. The molecule has 1 saturated heterocycles. The molecular weight excluding hydrogens is 364 g/mol. The lowest BCUT2D eigenvalue weighted by atomic mass is 9.77. The number of fused-ring (bicyclic) bond motifs is 1. The van der Waals surface area contributed by atoms with Crippen LogP contribution in [-0.4, -0.2) is 50.2 Å². The van der Waals surface area contributed by atoms with E-state index in [0.717, 1.165) is 68.9 Å². The molecule has 0 radical (unpaired) electrons. The van der Waals surface area contributed by atoms with Crippen LogP contribution >= 0.6 is 0 Å². The Morgan fingerprint density at radius 3 is 2.24 bits per heavy atom. The molecule has 0 spiro atoms. The second kappa shape index (κ2) is 7.62. The maximum absolute atomic E-state index is 13.8. The summed E-state index contributed by atoms with van der Waals surface area (Å²) in [5.74, 6) is 1.86. The molecule has 5 heteroatoms. The van der Waals surface area contributed by atoms with Crippen LogP contribution in [0.25, 0.3) is 0 Å². The summed E-state index contributed by atoms with van der Waals surface area (Å²) in [6.07, 6.45) is 4.04. The van der Waals surface area contributed by atoms with Gasteiger partial charge in [0.1, 0.15) is 13.2 Å². The average Bonchev–Trinajstić information content (AvgIpc) is 3.30. The maximum Gasteiger partial charge on any atom is 0.233 e. The Kier molecular flexibility index (Phi) is 4.82. The van der Waals surface area contributed by atoms with Gasteiger partial charge in [-0.05, 0) is 42.7 Å². The van der Waals surface area contributed by atoms with Crippen molar-refractivity contribution in [2.45, 2.75) is 31.1 Å². The zero-order valence-corrected chi connectivity index (χ0v) is 16.8. The fourth-order valence-corrected chi connectivity index (χ4v) is 5.05. The fraction of sp³-hybridized carbons (Fsp3) is 0.458. The lowest BCUT2D eigenvalue weighted by molar-refractivity contribution is -0.137. The summed E-state index contributed by atoms with van der Waals surface area (Å²) in [5, 5.41) is 0. The van der Waals surface area contributed by atoms with Gasteiger partial charge in [0.05, 0.1) is 5.41 Å². The second-order valence-corrected chi connectivity index (χ2v) is 8.26. The van der Waals surface area contributed by atoms with Gasteiger partial charge in [-0.3, -0.25) is 4.79 Å². The molecule has 5 rings (SSSR count). The van der Waals surface area contributed by atoms with Crippen molar-refractivity contribution in [2.75, 3.05) is 44.3 Å². The zero-order valence-electron chi connectivity index (χ0n) is 16.8. The minimum atomic E-state index is -0.412. The van der Waals surface area contributed by atoms with Crippen LogP contribution in [0.5, 0.6) is 11.5 Å². The number of hydrogen-bond acceptors (Lipinski definition) is 4. The quantitative estimate of drug-likeness (QED) is 0.800. The van der Waals surface area contributed by atoms with Gasteiger partial charge in [0.2, 0.25) is 5.91 Å². The predicted molar refractivity (Wildman–Crippen MR) is 113 cm³/mol. The molecule has 2 aliphatic heterocycles. The molecule has 0 unspecified atom stereocenters. The summed E-state index contributed by atoms with van der Waals surface area (Å²) < 4.78 is 11.5. The van der Waals surface area contributed by atoms with Crippen molar-refractivity contribution in [1.82, 2.24) is 4.90 Å². The number of anilines is 1. The summed E-state index contributed by atoms with van der Waals surface area (Å²) in [6, 6.07) is 16.6. The first-order valence-corrected chi connectivity index (χ1v) is 10.8. The number of amides is 1. The summed E-state index contributed by atoms with van der Waals surface area (Å²) in [6.45, 7) is 4.47. The van der Waals surface area contributed by atoms with Crippen molar-refractivity contribution in [3.8, 4) is 11.5 Å². The molecule has 2 fully saturated rings. The first-order chi connectivity index (χ1) is 14.3. The van der Waals surface area contributed by atoms with Crippen LogP contribution in [0.2, 0.25) is 0 Å². The molecule has 2 heterocycles. The predicted octanol–water partition coefficient (Wildman–Crippen LogP) is 3.62. The van der Waals surface area contributed by atoms with Crippen LogP contribution in [0.15, 0.2) is 48.5 Å². The minimum absolute atomic E-state index is 0.291. The highest BCUT2D eigenvalue weighted by Gasteiger charge is 2.45. The maximum atomic E-state index is 13.8. The topological polar surface area (TPSA) is 42.0 Å². The number of benzene rings is 2. The largest absolute Gasteiger partial charge is 0.486 e. The number of carbonyl (C=O) groups is 1. The molecule has 29 heavy (non-hydrogen) atoms. The summed E-state index contributed by atoms with van der Waals surface area (Å²) >= 11 is 0. The summed E-state index contributed by atoms with van der Waals surface area (Å²) in [5.41, 5.74) is 1.92. The van der Waals surface area contributed by atoms with Gasteiger partial charge in [-0.2, -0.15) is 0 Å². The Bertz CT molecular complexity index is 869. The van der Waals surface area contributed by atoms with Gasteiger partial charge in [-0.25, -0.2) is 0 Å². The van der Waals surface area contributed by atoms with E-state index in [-0.39, 0.29) is 0 Å². The highest BCUT2D eigenvalue weighted by Crippen LogP contribution is 2.45. The molecule has 0 atom stereocenters. The molecule has 5 nitrogen and oxygen atoms in total. The Labute approximate surface area is 172 Å². The Balaban J connectivity index is 1.36. The van der Waals surface area contributed by atoms with Gasteiger partial charge in [-0.15, -0.1) is 0 Å². The third-order valence-electron chi connectivity index (χ3n) is 6.65. The SMILES string of the molecule is O=C(N1CCN(c2ccccc2)CC1)C1(c2ccc3c(c2)OCCO3)CCCC1. The first-order valence-electron chi connectivity index (χ1n) is 10.8. The van der Waals surface area contributed by atoms with Gasteiger partial charge in [0.15, 0.2) is 11.5 Å². The number of para-hydroxylation sites is 1. The van der Waals surface area contributed by atoms with E-state index >= 15 is 0 Å². The van der Waals surface area contributed by atoms with Crippen LogP contribution in [-0.2, 0) is 10.2 Å². The van der Waals surface area contributed by atoms with Crippen molar-refractivity contribution >= 4 is 11.6 Å². The molecule has 0 N–H and O–H groups in total. The molecule has 1 aliphatic carbocycles. The number of rotatable bonds is 3. The van der Waals surface area contributed by atoms with Gasteiger partial charge in [0, 0.05) is 31.9 Å². The third kappa shape index (κ3) is 3.33. The smallest absolute Gasteiger partial charge is 0.233 e. The van der Waals surface area contributed by atoms with E-state index in [1.165, 1.54) is 5.69 Å². The molecule has 152 valence electrons. The van der Waals surface area contributed by atoms with Gasteiger partial charge >= 0.3 is 0 Å². The Morgan fingerprint density at radius 2 is 1.52 bits per heavy atom. The van der Waals surface area contributed by atoms with Crippen LogP contribution in [0, 0.1) is 0 Å². The van der Waals surface area contributed by atoms with Crippen molar-refractivity contribution in [3.05, 3.63) is 54.1 Å². The average molecular weight is 392 g/mol. The van der Waals surface area contributed by atoms with E-state index in [1.54, 1.807) is 0 Å². The van der Waals surface area contributed by atoms with Crippen LogP contribution < -0.4 is 14.4 Å². The number of hydrogen-bond donors (Lipinski definition) is 0. The van der Waals surface area contributed by atoms with Crippen LogP contribution in [0.1, 0.15) is 31.2 Å². The van der Waals surface area contributed by atoms with Crippen molar-refractivity contribution in [1.29, 1.82) is 0 Å². The first kappa shape index (κ1) is 18.3. The van der Waals surface area contributed by atoms with E-state index in [4.69, 9.17) is 9.47 Å². The summed E-state index contributed by atoms with van der Waals surface area (Å²) in [7, 11) is 0. The van der Waals surface area contributed by atoms with Crippen LogP contribution in [0.3, 0.4) is 0 Å². The van der Waals surface area contributed by atoms with Crippen LogP contribution in [0.4, 0.5) is 5.69 Å². The molecule has 0 bridgehead atoms. The highest BCUT2D eigenvalue weighted by atomic mass is 16.6. The zero-order chi connectivity index (χ0) is 19.7. The molecular formula is C24H28N2O3. The lowest BCUT2D eigenvalue weighted by Crippen LogP contribution is -2.54. The molecule has 2 aromatic carbocycles. The molecule has 1 saturated carbocycles. The number of ether oxygens (including phenoxy) is 2. The van der Waals surface area contributed by atoms with E-state index in [9.17, 15) is 4.79 Å². The number of carbonyl (C=O) groups excluding carboxylic acids is 1. The molecule has 3 aliphatic rings. The number of nitrogens with zero attached hydrogens (tertiary/aromatic N) is 2. The van der Waals surface area contributed by atoms with E-state index in [0.29, 0.717) is 19.1 Å². The number of piperazine rings is 1. The molecule has 2 aromatic rings. The van der Waals surface area contributed by atoms with E-state index in [1.807, 2.05) is 12.1 Å². The van der Waals surface area contributed by atoms with E-state index in [2.05, 4.69) is 46.2 Å². The monoisotopic (exact) mass is 392 g/mol. The van der Waals surface area contributed by atoms with Crippen molar-refractivity contribution in [2.24, 2.45) is 0 Å². The van der Waals surface area contributed by atoms with Gasteiger partial charge in [0.25, 0.3) is 0 Å². The van der Waals surface area contributed by atoms with Gasteiger partial charge in [-0.1, -0.05) is 37.1 Å². The molecule has 0 aromatic heterocycles. The van der Waals surface area contributed by atoms with Crippen molar-refractivity contribution < 1.29 is 14.3 Å². The summed E-state index contributed by atoms with van der Waals surface area (Å²) in [4.78, 5) is 18.2. The fourth-order valence-electron chi connectivity index (χ4n) is 5.05. The third-order valence-corrected chi connectivity index (χ3v) is 6.65. The second-order valence-electron chi connectivity index (χ2n) is 8.26. The Hall–Kier alpha value is -2.69. The van der Waals surface area contributed by atoms with Crippen molar-refractivity contribution in [3.63, 3.8) is 0 Å². The van der Waals surface area contributed by atoms with E-state index < -0.39 is 5.41 Å². The Morgan fingerprint density at radius 1 is 0.828 bits per heavy atom. The lowest BCUT2D eigenvalue weighted by Gasteiger charge is -2.41.